The summed E-state index contributed by atoms with van der Waals surface area (Å²) < 4.78 is 35.6. The summed E-state index contributed by atoms with van der Waals surface area (Å²) in [5, 5.41) is 3.80. The van der Waals surface area contributed by atoms with Crippen molar-refractivity contribution in [1.29, 1.82) is 0 Å². The van der Waals surface area contributed by atoms with Crippen molar-refractivity contribution < 1.29 is 22.7 Å². The van der Waals surface area contributed by atoms with Crippen LogP contribution in [0.15, 0.2) is 87.3 Å². The van der Waals surface area contributed by atoms with Crippen molar-refractivity contribution >= 4 is 38.1 Å². The fraction of sp³-hybridized carbons (Fsp3) is 0.0476. The molecule has 7 nitrogen and oxygen atoms in total. The van der Waals surface area contributed by atoms with Crippen LogP contribution >= 0.6 is 15.9 Å². The number of carbonyl (C=O) groups is 1. The molecule has 0 heterocycles. The number of esters is 1. The number of halogens is 1. The maximum Gasteiger partial charge on any atom is 0.343 e. The van der Waals surface area contributed by atoms with Gasteiger partial charge in [-0.3, -0.25) is 0 Å². The lowest BCUT2D eigenvalue weighted by atomic mass is 10.2. The maximum absolute atomic E-state index is 12.3. The predicted molar refractivity (Wildman–Crippen MR) is 116 cm³/mol. The zero-order chi connectivity index (χ0) is 21.6. The van der Waals surface area contributed by atoms with Gasteiger partial charge in [0.25, 0.3) is 10.0 Å². The summed E-state index contributed by atoms with van der Waals surface area (Å²) in [5.41, 5.74) is 0.918. The Kier molecular flexibility index (Phi) is 6.86. The molecule has 0 saturated heterocycles. The van der Waals surface area contributed by atoms with E-state index in [9.17, 15) is 13.2 Å². The number of hydrogen-bond donors (Lipinski definition) is 1. The average molecular weight is 489 g/mol. The fourth-order valence-corrected chi connectivity index (χ4v) is 3.81. The normalized spacial score (nSPS) is 11.3. The van der Waals surface area contributed by atoms with Gasteiger partial charge < -0.3 is 9.47 Å². The van der Waals surface area contributed by atoms with Crippen molar-refractivity contribution in [3.63, 3.8) is 0 Å². The third-order valence-electron chi connectivity index (χ3n) is 3.90. The Balaban J connectivity index is 1.78. The zero-order valence-corrected chi connectivity index (χ0v) is 18.2. The molecule has 0 saturated carbocycles. The highest BCUT2D eigenvalue weighted by atomic mass is 79.9. The first-order valence-electron chi connectivity index (χ1n) is 8.65. The van der Waals surface area contributed by atoms with Crippen LogP contribution in [0.2, 0.25) is 0 Å². The molecule has 3 aromatic carbocycles. The van der Waals surface area contributed by atoms with Crippen molar-refractivity contribution in [3.05, 3.63) is 88.4 Å². The van der Waals surface area contributed by atoms with Gasteiger partial charge in [0.1, 0.15) is 0 Å². The highest BCUT2D eigenvalue weighted by molar-refractivity contribution is 9.10. The minimum atomic E-state index is -3.77. The van der Waals surface area contributed by atoms with Gasteiger partial charge in [-0.05, 0) is 57.9 Å². The molecule has 0 aliphatic heterocycles. The van der Waals surface area contributed by atoms with Gasteiger partial charge in [0.15, 0.2) is 11.5 Å². The monoisotopic (exact) mass is 488 g/mol. The van der Waals surface area contributed by atoms with Crippen LogP contribution in [0, 0.1) is 0 Å². The van der Waals surface area contributed by atoms with Gasteiger partial charge in [0.05, 0.1) is 28.3 Å². The molecule has 0 aliphatic carbocycles. The molecule has 0 radical (unpaired) electrons. The maximum atomic E-state index is 12.3. The molecule has 0 aromatic heterocycles. The van der Waals surface area contributed by atoms with Gasteiger partial charge in [0, 0.05) is 0 Å². The van der Waals surface area contributed by atoms with E-state index < -0.39 is 16.0 Å². The lowest BCUT2D eigenvalue weighted by Crippen LogP contribution is -2.18. The summed E-state index contributed by atoms with van der Waals surface area (Å²) in [5.74, 6) is -0.0546. The van der Waals surface area contributed by atoms with E-state index in [4.69, 9.17) is 9.47 Å². The van der Waals surface area contributed by atoms with E-state index in [0.717, 1.165) is 0 Å². The van der Waals surface area contributed by atoms with Crippen molar-refractivity contribution in [2.45, 2.75) is 4.90 Å². The van der Waals surface area contributed by atoms with E-state index >= 15 is 0 Å². The molecule has 9 heteroatoms. The molecule has 3 aromatic rings. The lowest BCUT2D eigenvalue weighted by Gasteiger charge is -2.12. The summed E-state index contributed by atoms with van der Waals surface area (Å²) >= 11 is 3.35. The number of nitrogens with one attached hydrogen (secondary N) is 1. The van der Waals surface area contributed by atoms with Gasteiger partial charge in [-0.15, -0.1) is 0 Å². The number of ether oxygens (including phenoxy) is 2. The summed E-state index contributed by atoms with van der Waals surface area (Å²) in [6.45, 7) is 0. The van der Waals surface area contributed by atoms with Crippen LogP contribution in [0.25, 0.3) is 0 Å². The van der Waals surface area contributed by atoms with E-state index in [1.54, 1.807) is 60.7 Å². The molecule has 3 rings (SSSR count). The topological polar surface area (TPSA) is 94.1 Å². The molecule has 0 fully saturated rings. The first-order chi connectivity index (χ1) is 14.4. The Morgan fingerprint density at radius 2 is 1.67 bits per heavy atom. The van der Waals surface area contributed by atoms with E-state index in [0.29, 0.717) is 15.6 Å². The number of sulfonamides is 1. The Bertz CT molecular complexity index is 1170. The first-order valence-corrected chi connectivity index (χ1v) is 10.9. The average Bonchev–Trinajstić information content (AvgIpc) is 2.76. The molecule has 0 amide bonds. The number of carbonyl (C=O) groups excluding carboxylic acids is 1. The van der Waals surface area contributed by atoms with E-state index in [-0.39, 0.29) is 16.4 Å². The number of methoxy groups -OCH3 is 1. The number of benzene rings is 3. The van der Waals surface area contributed by atoms with Gasteiger partial charge in [0.2, 0.25) is 0 Å². The van der Waals surface area contributed by atoms with Crippen LogP contribution in [0.5, 0.6) is 11.5 Å². The molecule has 154 valence electrons. The van der Waals surface area contributed by atoms with Gasteiger partial charge in [-0.25, -0.2) is 9.63 Å². The molecule has 0 spiro atoms. The molecule has 1 N–H and O–H groups in total. The second kappa shape index (κ2) is 9.55. The minimum Gasteiger partial charge on any atom is -0.493 e. The van der Waals surface area contributed by atoms with Gasteiger partial charge in [-0.2, -0.15) is 13.5 Å². The molecule has 0 unspecified atom stereocenters. The van der Waals surface area contributed by atoms with Crippen molar-refractivity contribution in [2.24, 2.45) is 5.10 Å². The molecule has 0 atom stereocenters. The highest BCUT2D eigenvalue weighted by Gasteiger charge is 2.17. The Morgan fingerprint density at radius 3 is 2.30 bits per heavy atom. The summed E-state index contributed by atoms with van der Waals surface area (Å²) in [4.78, 5) is 14.6. The smallest absolute Gasteiger partial charge is 0.343 e. The van der Waals surface area contributed by atoms with Gasteiger partial charge in [-0.1, -0.05) is 36.4 Å². The number of hydrogen-bond acceptors (Lipinski definition) is 6. The zero-order valence-electron chi connectivity index (χ0n) is 15.8. The molecular weight excluding hydrogens is 472 g/mol. The number of rotatable bonds is 7. The SMILES string of the molecule is COc1cc(/C=N\NS(=O)(=O)c2ccccc2)cc(Br)c1OC(=O)c1ccccc1. The van der Waals surface area contributed by atoms with Crippen LogP contribution in [0.3, 0.4) is 0 Å². The predicted octanol–water partition coefficient (Wildman–Crippen LogP) is 3.99. The summed E-state index contributed by atoms with van der Waals surface area (Å²) in [6.07, 6.45) is 1.32. The molecule has 0 aliphatic rings. The largest absolute Gasteiger partial charge is 0.493 e. The minimum absolute atomic E-state index is 0.101. The lowest BCUT2D eigenvalue weighted by molar-refractivity contribution is 0.0728. The summed E-state index contributed by atoms with van der Waals surface area (Å²) in [7, 11) is -2.34. The molecule has 30 heavy (non-hydrogen) atoms. The quantitative estimate of drug-likeness (QED) is 0.235. The molecular formula is C21H17BrN2O5S. The van der Waals surface area contributed by atoms with E-state index in [1.165, 1.54) is 25.5 Å². The summed E-state index contributed by atoms with van der Waals surface area (Å²) in [6, 6.07) is 19.6. The Hall–Kier alpha value is -3.17. The fourth-order valence-electron chi connectivity index (χ4n) is 2.46. The van der Waals surface area contributed by atoms with Crippen LogP contribution in [0.4, 0.5) is 0 Å². The Morgan fingerprint density at radius 1 is 1.03 bits per heavy atom. The van der Waals surface area contributed by atoms with Gasteiger partial charge >= 0.3 is 5.97 Å². The van der Waals surface area contributed by atoms with Crippen LogP contribution < -0.4 is 14.3 Å². The third kappa shape index (κ3) is 5.25. The Labute approximate surface area is 182 Å². The highest BCUT2D eigenvalue weighted by Crippen LogP contribution is 2.36. The van der Waals surface area contributed by atoms with E-state index in [1.807, 2.05) is 0 Å². The second-order valence-electron chi connectivity index (χ2n) is 5.96. The number of hydrazone groups is 1. The van der Waals surface area contributed by atoms with E-state index in [2.05, 4.69) is 25.9 Å². The third-order valence-corrected chi connectivity index (χ3v) is 5.72. The second-order valence-corrected chi connectivity index (χ2v) is 8.47. The van der Waals surface area contributed by atoms with Crippen LogP contribution in [-0.2, 0) is 10.0 Å². The number of nitrogens with zero attached hydrogens (tertiary/aromatic N) is 1. The van der Waals surface area contributed by atoms with Crippen molar-refractivity contribution in [1.82, 2.24) is 4.83 Å². The van der Waals surface area contributed by atoms with Crippen LogP contribution in [0.1, 0.15) is 15.9 Å². The standard InChI is InChI=1S/C21H17BrN2O5S/c1-28-19-13-15(14-23-24-30(26,27)17-10-6-3-7-11-17)12-18(22)20(19)29-21(25)16-8-4-2-5-9-16/h2-14,24H,1H3/b23-14-. The molecule has 0 bridgehead atoms. The van der Waals surface area contributed by atoms with Crippen molar-refractivity contribution in [3.8, 4) is 11.5 Å². The van der Waals surface area contributed by atoms with Crippen LogP contribution in [-0.4, -0.2) is 27.7 Å². The first kappa shape index (κ1) is 21.5. The van der Waals surface area contributed by atoms with Crippen molar-refractivity contribution in [2.75, 3.05) is 7.11 Å².